The van der Waals surface area contributed by atoms with E-state index in [0.29, 0.717) is 24.0 Å². The number of Topliss-reactive ketones (excluding diaryl/α,β-unsaturated/α-hetero) is 4. The average Bonchev–Trinajstić information content (AvgIpc) is 2.81. The summed E-state index contributed by atoms with van der Waals surface area (Å²) < 4.78 is 0. The Bertz CT molecular complexity index is 1440. The van der Waals surface area contributed by atoms with Gasteiger partial charge in [0, 0.05) is 40.7 Å². The Morgan fingerprint density at radius 3 is 2.22 bits per heavy atom. The van der Waals surface area contributed by atoms with Gasteiger partial charge in [-0.05, 0) is 43.1 Å². The van der Waals surface area contributed by atoms with Crippen LogP contribution in [0.15, 0.2) is 34.8 Å². The van der Waals surface area contributed by atoms with Gasteiger partial charge in [-0.15, -0.1) is 0 Å². The monoisotopic (exact) mass is 566 g/mol. The fourth-order valence-electron chi connectivity index (χ4n) is 7.72. The van der Waals surface area contributed by atoms with E-state index in [1.807, 2.05) is 20.8 Å². The number of aliphatic hydroxyl groups is 3. The zero-order valence-electron chi connectivity index (χ0n) is 25.3. The molecule has 41 heavy (non-hydrogen) atoms. The molecule has 0 saturated heterocycles. The van der Waals surface area contributed by atoms with Crippen LogP contribution in [0, 0.1) is 28.1 Å². The van der Waals surface area contributed by atoms with Crippen LogP contribution < -0.4 is 0 Å². The van der Waals surface area contributed by atoms with Gasteiger partial charge < -0.3 is 20.4 Å². The van der Waals surface area contributed by atoms with Crippen LogP contribution in [0.4, 0.5) is 0 Å². The summed E-state index contributed by atoms with van der Waals surface area (Å²) >= 11 is 0. The van der Waals surface area contributed by atoms with E-state index in [0.717, 1.165) is 6.92 Å². The van der Waals surface area contributed by atoms with Crippen molar-refractivity contribution in [1.82, 2.24) is 0 Å². The van der Waals surface area contributed by atoms with Gasteiger partial charge in [-0.25, -0.2) is 0 Å². The summed E-state index contributed by atoms with van der Waals surface area (Å²) in [6.45, 7) is 14.2. The minimum atomic E-state index is -2.65. The highest BCUT2D eigenvalue weighted by molar-refractivity contribution is 6.25. The molecule has 222 valence electrons. The zero-order valence-corrected chi connectivity index (χ0v) is 25.3. The molecule has 0 aromatic heterocycles. The molecule has 1 aromatic rings. The van der Waals surface area contributed by atoms with Crippen molar-refractivity contribution in [2.24, 2.45) is 28.1 Å². The number of aliphatic hydroxyl groups excluding tert-OH is 2. The number of phenolic OH excluding ortho intramolecular Hbond substituents is 1. The van der Waals surface area contributed by atoms with Gasteiger partial charge in [0.25, 0.3) is 0 Å². The number of ketones is 4. The molecule has 0 aliphatic heterocycles. The maximum absolute atomic E-state index is 14.1. The molecule has 3 aliphatic rings. The van der Waals surface area contributed by atoms with Gasteiger partial charge in [-0.2, -0.15) is 0 Å². The first-order valence-corrected chi connectivity index (χ1v) is 14.3. The Morgan fingerprint density at radius 1 is 1.07 bits per heavy atom. The number of carbonyl (C=O) groups is 4. The van der Waals surface area contributed by atoms with Crippen molar-refractivity contribution < 1.29 is 39.6 Å². The van der Waals surface area contributed by atoms with Crippen molar-refractivity contribution in [2.45, 2.75) is 93.1 Å². The van der Waals surface area contributed by atoms with E-state index in [-0.39, 0.29) is 53.3 Å². The molecular weight excluding hydrogens is 524 g/mol. The van der Waals surface area contributed by atoms with Gasteiger partial charge in [0.05, 0.1) is 5.56 Å². The molecule has 4 N–H and O–H groups in total. The first kappa shape index (κ1) is 30.7. The van der Waals surface area contributed by atoms with Crippen LogP contribution in [0.25, 0.3) is 0 Å². The number of benzene rings is 1. The molecular formula is C33H42O8. The summed E-state index contributed by atoms with van der Waals surface area (Å²) in [7, 11) is 0. The van der Waals surface area contributed by atoms with E-state index < -0.39 is 56.8 Å². The van der Waals surface area contributed by atoms with Crippen molar-refractivity contribution in [1.29, 1.82) is 0 Å². The van der Waals surface area contributed by atoms with Crippen LogP contribution in [-0.2, 0) is 27.2 Å². The lowest BCUT2D eigenvalue weighted by molar-refractivity contribution is -0.171. The van der Waals surface area contributed by atoms with Crippen LogP contribution in [0.5, 0.6) is 5.75 Å². The van der Waals surface area contributed by atoms with E-state index in [9.17, 15) is 39.6 Å². The number of hydrogen-bond donors (Lipinski definition) is 4. The molecule has 0 spiro atoms. The predicted octanol–water partition coefficient (Wildman–Crippen LogP) is 5.28. The maximum atomic E-state index is 14.1. The SMILES string of the molecule is CC(=O)C1=C(O)C(C(C)C)[C@@]2(C)C[C@@]3(C)Cc4ccc(CC(=O)CCC(C)(C)C)c(O)c4C(=O)C3=C(O)[C@@]2(O)C1=O. The van der Waals surface area contributed by atoms with E-state index in [2.05, 4.69) is 0 Å². The second kappa shape index (κ2) is 9.65. The number of fused-ring (bicyclic) bond motifs is 3. The van der Waals surface area contributed by atoms with Crippen molar-refractivity contribution in [3.63, 3.8) is 0 Å². The lowest BCUT2D eigenvalue weighted by Gasteiger charge is -2.59. The van der Waals surface area contributed by atoms with Gasteiger partial charge in [-0.1, -0.05) is 60.6 Å². The third-order valence-electron chi connectivity index (χ3n) is 9.50. The Labute approximate surface area is 241 Å². The molecule has 4 rings (SSSR count). The molecule has 0 amide bonds. The van der Waals surface area contributed by atoms with E-state index in [1.165, 1.54) is 0 Å². The first-order chi connectivity index (χ1) is 18.7. The van der Waals surface area contributed by atoms with Gasteiger partial charge in [-0.3, -0.25) is 19.2 Å². The summed E-state index contributed by atoms with van der Waals surface area (Å²) in [5, 5.41) is 46.2. The van der Waals surface area contributed by atoms with Gasteiger partial charge in [0.2, 0.25) is 5.78 Å². The number of phenols is 1. The molecule has 1 aromatic carbocycles. The number of aromatic hydroxyl groups is 1. The highest BCUT2D eigenvalue weighted by Crippen LogP contribution is 2.65. The lowest BCUT2D eigenvalue weighted by Crippen LogP contribution is -2.67. The minimum Gasteiger partial charge on any atom is -0.511 e. The molecule has 4 atom stereocenters. The van der Waals surface area contributed by atoms with E-state index in [4.69, 9.17) is 0 Å². The third-order valence-corrected chi connectivity index (χ3v) is 9.50. The van der Waals surface area contributed by atoms with Crippen molar-refractivity contribution in [2.75, 3.05) is 0 Å². The lowest BCUT2D eigenvalue weighted by atomic mass is 9.44. The van der Waals surface area contributed by atoms with E-state index in [1.54, 1.807) is 39.8 Å². The van der Waals surface area contributed by atoms with Gasteiger partial charge >= 0.3 is 0 Å². The molecule has 1 unspecified atom stereocenters. The number of hydrogen-bond acceptors (Lipinski definition) is 8. The number of allylic oxidation sites excluding steroid dienone is 2. The van der Waals surface area contributed by atoms with Crippen molar-refractivity contribution >= 4 is 23.1 Å². The molecule has 3 aliphatic carbocycles. The standard InChI is InChI=1S/C33H42O8/c1-16(2)23-26(37)21(17(3)34)28(39)33(41)29(40)24-27(38)22-19(14-31(24,7)15-32(23,33)8)10-9-18(25(22)36)13-20(35)11-12-30(4,5)6/h9-10,16,23,36-37,40-41H,11-15H2,1-8H3/t23?,31-,32-,33+/m1/s1. The molecule has 8 nitrogen and oxygen atoms in total. The highest BCUT2D eigenvalue weighted by Gasteiger charge is 2.71. The average molecular weight is 567 g/mol. The molecule has 0 fully saturated rings. The fraction of sp³-hybridized carbons (Fsp3) is 0.576. The van der Waals surface area contributed by atoms with Crippen molar-refractivity contribution in [3.8, 4) is 5.75 Å². The first-order valence-electron chi connectivity index (χ1n) is 14.3. The van der Waals surface area contributed by atoms with Crippen LogP contribution in [0.2, 0.25) is 0 Å². The third kappa shape index (κ3) is 4.46. The van der Waals surface area contributed by atoms with Crippen LogP contribution >= 0.6 is 0 Å². The summed E-state index contributed by atoms with van der Waals surface area (Å²) in [4.78, 5) is 53.0. The Morgan fingerprint density at radius 2 is 1.68 bits per heavy atom. The molecule has 0 heterocycles. The topological polar surface area (TPSA) is 149 Å². The molecule has 0 bridgehead atoms. The molecule has 0 radical (unpaired) electrons. The second-order valence-electron chi connectivity index (χ2n) is 14.3. The van der Waals surface area contributed by atoms with Crippen LogP contribution in [-0.4, -0.2) is 49.2 Å². The normalized spacial score (nSPS) is 29.9. The highest BCUT2D eigenvalue weighted by atomic mass is 16.3. The van der Waals surface area contributed by atoms with Crippen LogP contribution in [0.1, 0.15) is 96.1 Å². The number of carbonyl (C=O) groups excluding carboxylic acids is 4. The van der Waals surface area contributed by atoms with Gasteiger partial charge in [0.1, 0.15) is 28.6 Å². The maximum Gasteiger partial charge on any atom is 0.209 e. The molecule has 0 saturated carbocycles. The summed E-state index contributed by atoms with van der Waals surface area (Å²) in [5.74, 6) is -5.52. The van der Waals surface area contributed by atoms with Gasteiger partial charge in [0.15, 0.2) is 17.2 Å². The predicted molar refractivity (Wildman–Crippen MR) is 153 cm³/mol. The zero-order chi connectivity index (χ0) is 31.0. The summed E-state index contributed by atoms with van der Waals surface area (Å²) in [5.41, 5.74) is -5.22. The Balaban J connectivity index is 1.87. The summed E-state index contributed by atoms with van der Waals surface area (Å²) in [6.07, 6.45) is 1.17. The Hall–Kier alpha value is -3.26. The van der Waals surface area contributed by atoms with E-state index >= 15 is 0 Å². The largest absolute Gasteiger partial charge is 0.511 e. The second-order valence-corrected chi connectivity index (χ2v) is 14.3. The Kier molecular flexibility index (Phi) is 7.22. The minimum absolute atomic E-state index is 0.0346. The number of rotatable bonds is 6. The fourth-order valence-corrected chi connectivity index (χ4v) is 7.72. The smallest absolute Gasteiger partial charge is 0.209 e. The molecule has 8 heteroatoms. The van der Waals surface area contributed by atoms with Crippen molar-refractivity contribution in [3.05, 3.63) is 51.5 Å². The quantitative estimate of drug-likeness (QED) is 0.340. The summed E-state index contributed by atoms with van der Waals surface area (Å²) in [6, 6.07) is 3.35. The van der Waals surface area contributed by atoms with Crippen LogP contribution in [0.3, 0.4) is 0 Å².